The van der Waals surface area contributed by atoms with Crippen LogP contribution >= 0.6 is 0 Å². The summed E-state index contributed by atoms with van der Waals surface area (Å²) in [5.41, 5.74) is 7.18. The van der Waals surface area contributed by atoms with Crippen LogP contribution in [0, 0.1) is 6.92 Å². The highest BCUT2D eigenvalue weighted by Gasteiger charge is 2.23. The van der Waals surface area contributed by atoms with Crippen molar-refractivity contribution in [1.82, 2.24) is 15.3 Å². The normalized spacial score (nSPS) is 12.1. The van der Waals surface area contributed by atoms with Crippen LogP contribution in [0.2, 0.25) is 0 Å². The molecule has 0 saturated heterocycles. The van der Waals surface area contributed by atoms with E-state index in [-0.39, 0.29) is 24.2 Å². The number of fused-ring (bicyclic) bond motifs is 1. The van der Waals surface area contributed by atoms with Gasteiger partial charge in [-0.2, -0.15) is 0 Å². The SMILES string of the molecule is Cc1cc2ccccc2nc1-c1cc([C@H](O)C(=O)NCCN)c(CO)c(=O)[nH]1. The molecule has 0 aliphatic rings. The average Bonchev–Trinajstić information content (AvgIpc) is 2.70. The third kappa shape index (κ3) is 3.79. The number of aromatic amines is 1. The number of pyridine rings is 2. The molecular formula is C20H22N4O4. The molecule has 8 heteroatoms. The summed E-state index contributed by atoms with van der Waals surface area (Å²) >= 11 is 0. The summed E-state index contributed by atoms with van der Waals surface area (Å²) in [6, 6.07) is 11.0. The molecule has 0 bridgehead atoms. The van der Waals surface area contributed by atoms with E-state index in [1.807, 2.05) is 37.3 Å². The summed E-state index contributed by atoms with van der Waals surface area (Å²) in [5.74, 6) is -0.695. The van der Waals surface area contributed by atoms with E-state index in [9.17, 15) is 19.8 Å². The molecule has 0 saturated carbocycles. The highest BCUT2D eigenvalue weighted by molar-refractivity contribution is 5.84. The fourth-order valence-corrected chi connectivity index (χ4v) is 3.07. The van der Waals surface area contributed by atoms with Crippen molar-refractivity contribution in [3.63, 3.8) is 0 Å². The Hall–Kier alpha value is -3.07. The first-order valence-electron chi connectivity index (χ1n) is 8.85. The van der Waals surface area contributed by atoms with Crippen LogP contribution in [0.4, 0.5) is 0 Å². The van der Waals surface area contributed by atoms with Gasteiger partial charge in [0.2, 0.25) is 0 Å². The minimum absolute atomic E-state index is 0.0325. The molecule has 0 fully saturated rings. The van der Waals surface area contributed by atoms with Crippen molar-refractivity contribution >= 4 is 16.8 Å². The maximum absolute atomic E-state index is 12.5. The van der Waals surface area contributed by atoms with Gasteiger partial charge < -0.3 is 26.2 Å². The topological polar surface area (TPSA) is 141 Å². The van der Waals surface area contributed by atoms with Gasteiger partial charge >= 0.3 is 0 Å². The van der Waals surface area contributed by atoms with Crippen LogP contribution < -0.4 is 16.6 Å². The molecule has 0 radical (unpaired) electrons. The van der Waals surface area contributed by atoms with Gasteiger partial charge in [-0.15, -0.1) is 0 Å². The van der Waals surface area contributed by atoms with Crippen molar-refractivity contribution in [2.75, 3.05) is 13.1 Å². The molecule has 3 aromatic rings. The van der Waals surface area contributed by atoms with Gasteiger partial charge in [0.15, 0.2) is 6.10 Å². The van der Waals surface area contributed by atoms with Crippen molar-refractivity contribution in [3.8, 4) is 11.4 Å². The molecule has 0 aliphatic heterocycles. The number of nitrogens with zero attached hydrogens (tertiary/aromatic N) is 1. The lowest BCUT2D eigenvalue weighted by molar-refractivity contribution is -0.129. The second kappa shape index (κ2) is 8.30. The lowest BCUT2D eigenvalue weighted by Crippen LogP contribution is -2.34. The Labute approximate surface area is 161 Å². The summed E-state index contributed by atoms with van der Waals surface area (Å²) in [5, 5.41) is 23.4. The summed E-state index contributed by atoms with van der Waals surface area (Å²) in [7, 11) is 0. The number of aliphatic hydroxyl groups is 2. The number of aliphatic hydroxyl groups excluding tert-OH is 2. The zero-order valence-corrected chi connectivity index (χ0v) is 15.4. The Bertz CT molecular complexity index is 1080. The number of carbonyl (C=O) groups excluding carboxylic acids is 1. The van der Waals surface area contributed by atoms with Gasteiger partial charge in [0.1, 0.15) is 0 Å². The van der Waals surface area contributed by atoms with E-state index < -0.39 is 24.2 Å². The maximum Gasteiger partial charge on any atom is 0.254 e. The summed E-state index contributed by atoms with van der Waals surface area (Å²) in [6.07, 6.45) is -1.62. The molecule has 0 unspecified atom stereocenters. The first-order valence-corrected chi connectivity index (χ1v) is 8.85. The summed E-state index contributed by atoms with van der Waals surface area (Å²) in [4.78, 5) is 31.9. The Morgan fingerprint density at radius 3 is 2.79 bits per heavy atom. The van der Waals surface area contributed by atoms with E-state index in [2.05, 4.69) is 15.3 Å². The molecule has 1 atom stereocenters. The summed E-state index contributed by atoms with van der Waals surface area (Å²) < 4.78 is 0. The van der Waals surface area contributed by atoms with Gasteiger partial charge in [0.25, 0.3) is 11.5 Å². The zero-order chi connectivity index (χ0) is 20.3. The third-order valence-electron chi connectivity index (χ3n) is 4.48. The van der Waals surface area contributed by atoms with Crippen molar-refractivity contribution in [2.45, 2.75) is 19.6 Å². The van der Waals surface area contributed by atoms with Gasteiger partial charge in [-0.1, -0.05) is 18.2 Å². The Balaban J connectivity index is 2.13. The molecule has 0 spiro atoms. The van der Waals surface area contributed by atoms with Crippen LogP contribution in [-0.4, -0.2) is 39.2 Å². The number of hydrogen-bond acceptors (Lipinski definition) is 6. The van der Waals surface area contributed by atoms with E-state index in [1.54, 1.807) is 0 Å². The molecular weight excluding hydrogens is 360 g/mol. The number of hydrogen-bond donors (Lipinski definition) is 5. The van der Waals surface area contributed by atoms with Gasteiger partial charge in [0.05, 0.1) is 23.5 Å². The van der Waals surface area contributed by atoms with Crippen LogP contribution in [0.1, 0.15) is 22.8 Å². The smallest absolute Gasteiger partial charge is 0.254 e. The zero-order valence-electron chi connectivity index (χ0n) is 15.4. The number of carbonyl (C=O) groups is 1. The molecule has 0 aliphatic carbocycles. The van der Waals surface area contributed by atoms with Crippen molar-refractivity contribution in [3.05, 3.63) is 63.4 Å². The van der Waals surface area contributed by atoms with E-state index in [1.165, 1.54) is 6.07 Å². The van der Waals surface area contributed by atoms with E-state index in [0.717, 1.165) is 16.5 Å². The molecule has 2 heterocycles. The molecule has 6 N–H and O–H groups in total. The van der Waals surface area contributed by atoms with Crippen LogP contribution in [0.5, 0.6) is 0 Å². The highest BCUT2D eigenvalue weighted by Crippen LogP contribution is 2.26. The Kier molecular flexibility index (Phi) is 5.84. The molecule has 28 heavy (non-hydrogen) atoms. The predicted octanol–water partition coefficient (Wildman–Crippen LogP) is 0.499. The second-order valence-electron chi connectivity index (χ2n) is 6.43. The van der Waals surface area contributed by atoms with Gasteiger partial charge in [-0.25, -0.2) is 4.98 Å². The molecule has 1 aromatic carbocycles. The van der Waals surface area contributed by atoms with E-state index >= 15 is 0 Å². The van der Waals surface area contributed by atoms with E-state index in [4.69, 9.17) is 5.73 Å². The molecule has 2 aromatic heterocycles. The Morgan fingerprint density at radius 2 is 2.07 bits per heavy atom. The maximum atomic E-state index is 12.5. The Morgan fingerprint density at radius 1 is 1.32 bits per heavy atom. The number of aryl methyl sites for hydroxylation is 1. The second-order valence-corrected chi connectivity index (χ2v) is 6.43. The summed E-state index contributed by atoms with van der Waals surface area (Å²) in [6.45, 7) is 1.64. The van der Waals surface area contributed by atoms with Gasteiger partial charge in [0, 0.05) is 29.6 Å². The van der Waals surface area contributed by atoms with Crippen LogP contribution in [0.15, 0.2) is 41.2 Å². The fraction of sp³-hybridized carbons (Fsp3) is 0.250. The number of amides is 1. The fourth-order valence-electron chi connectivity index (χ4n) is 3.07. The van der Waals surface area contributed by atoms with Crippen molar-refractivity contribution in [1.29, 1.82) is 0 Å². The van der Waals surface area contributed by atoms with Crippen LogP contribution in [0.3, 0.4) is 0 Å². The number of para-hydroxylation sites is 1. The quantitative estimate of drug-likeness (QED) is 0.420. The monoisotopic (exact) mass is 382 g/mol. The molecule has 8 nitrogen and oxygen atoms in total. The van der Waals surface area contributed by atoms with Crippen molar-refractivity contribution < 1.29 is 15.0 Å². The highest BCUT2D eigenvalue weighted by atomic mass is 16.3. The predicted molar refractivity (Wildman–Crippen MR) is 105 cm³/mol. The van der Waals surface area contributed by atoms with E-state index in [0.29, 0.717) is 11.4 Å². The lowest BCUT2D eigenvalue weighted by Gasteiger charge is -2.16. The molecule has 3 rings (SSSR count). The number of aromatic nitrogens is 2. The minimum Gasteiger partial charge on any atom is -0.391 e. The average molecular weight is 382 g/mol. The minimum atomic E-state index is -1.62. The van der Waals surface area contributed by atoms with Crippen LogP contribution in [-0.2, 0) is 11.4 Å². The number of rotatable bonds is 6. The molecule has 146 valence electrons. The first-order chi connectivity index (χ1) is 13.5. The van der Waals surface area contributed by atoms with Gasteiger partial charge in [-0.05, 0) is 30.7 Å². The van der Waals surface area contributed by atoms with Crippen LogP contribution in [0.25, 0.3) is 22.3 Å². The number of nitrogens with two attached hydrogens (primary N) is 1. The largest absolute Gasteiger partial charge is 0.391 e. The van der Waals surface area contributed by atoms with Crippen molar-refractivity contribution in [2.24, 2.45) is 5.73 Å². The number of nitrogens with one attached hydrogen (secondary N) is 2. The standard InChI is InChI=1S/C20H22N4O4/c1-11-8-12-4-2-3-5-15(12)23-17(11)16-9-13(14(10-25)19(27)24-16)18(26)20(28)22-7-6-21/h2-5,8-9,18,25-26H,6-7,10,21H2,1H3,(H,22,28)(H,24,27)/t18-/m0/s1. The number of benzene rings is 1. The first kappa shape index (κ1) is 19.7. The molecule has 1 amide bonds. The lowest BCUT2D eigenvalue weighted by atomic mass is 10.00. The van der Waals surface area contributed by atoms with Gasteiger partial charge in [-0.3, -0.25) is 9.59 Å². The third-order valence-corrected chi connectivity index (χ3v) is 4.48. The number of H-pyrrole nitrogens is 1.